The number of carboxylic acid groups (broad SMARTS) is 1. The Bertz CT molecular complexity index is 725. The van der Waals surface area contributed by atoms with Gasteiger partial charge in [0, 0.05) is 10.0 Å². The van der Waals surface area contributed by atoms with E-state index in [1.807, 2.05) is 13.0 Å². The second kappa shape index (κ2) is 6.10. The minimum Gasteiger partial charge on any atom is -0.478 e. The first-order valence-electron chi connectivity index (χ1n) is 6.30. The van der Waals surface area contributed by atoms with E-state index in [1.165, 1.54) is 6.07 Å². The van der Waals surface area contributed by atoms with Crippen LogP contribution in [0.1, 0.15) is 31.8 Å². The van der Waals surface area contributed by atoms with Gasteiger partial charge in [-0.25, -0.2) is 4.79 Å². The minimum absolute atomic E-state index is 0.0783. The molecular formula is C16H14BrNO3. The molecule has 0 atom stereocenters. The van der Waals surface area contributed by atoms with Crippen LogP contribution in [0.4, 0.5) is 5.69 Å². The molecule has 5 heteroatoms. The molecule has 0 heterocycles. The van der Waals surface area contributed by atoms with E-state index in [2.05, 4.69) is 21.2 Å². The molecule has 0 unspecified atom stereocenters. The summed E-state index contributed by atoms with van der Waals surface area (Å²) in [6.07, 6.45) is 0. The number of aromatic carboxylic acids is 1. The lowest BCUT2D eigenvalue weighted by Gasteiger charge is -2.12. The van der Waals surface area contributed by atoms with Crippen molar-refractivity contribution in [3.63, 3.8) is 0 Å². The summed E-state index contributed by atoms with van der Waals surface area (Å²) in [7, 11) is 0. The summed E-state index contributed by atoms with van der Waals surface area (Å²) in [5.41, 5.74) is 2.59. The molecule has 2 aromatic rings. The lowest BCUT2D eigenvalue weighted by atomic mass is 10.1. The van der Waals surface area contributed by atoms with Gasteiger partial charge >= 0.3 is 5.97 Å². The SMILES string of the molecule is Cc1ccc(C(=O)Nc2c(C)cccc2C(=O)O)cc1Br. The van der Waals surface area contributed by atoms with Crippen molar-refractivity contribution in [2.45, 2.75) is 13.8 Å². The first kappa shape index (κ1) is 15.3. The fourth-order valence-electron chi connectivity index (χ4n) is 1.93. The maximum atomic E-state index is 12.3. The Morgan fingerprint density at radius 2 is 1.81 bits per heavy atom. The molecule has 0 radical (unpaired) electrons. The van der Waals surface area contributed by atoms with E-state index >= 15 is 0 Å². The Morgan fingerprint density at radius 3 is 2.43 bits per heavy atom. The van der Waals surface area contributed by atoms with Crippen molar-refractivity contribution < 1.29 is 14.7 Å². The van der Waals surface area contributed by atoms with Crippen molar-refractivity contribution in [2.75, 3.05) is 5.32 Å². The number of carboxylic acids is 1. The average Bonchev–Trinajstić information content (AvgIpc) is 2.43. The van der Waals surface area contributed by atoms with Crippen molar-refractivity contribution >= 4 is 33.5 Å². The van der Waals surface area contributed by atoms with E-state index in [4.69, 9.17) is 0 Å². The molecule has 4 nitrogen and oxygen atoms in total. The topological polar surface area (TPSA) is 66.4 Å². The summed E-state index contributed by atoms with van der Waals surface area (Å²) in [6.45, 7) is 3.68. The van der Waals surface area contributed by atoms with Gasteiger partial charge in [-0.3, -0.25) is 4.79 Å². The molecule has 2 aromatic carbocycles. The van der Waals surface area contributed by atoms with Gasteiger partial charge < -0.3 is 10.4 Å². The third kappa shape index (κ3) is 3.31. The molecule has 108 valence electrons. The zero-order valence-electron chi connectivity index (χ0n) is 11.6. The third-order valence-electron chi connectivity index (χ3n) is 3.18. The lowest BCUT2D eigenvalue weighted by molar-refractivity contribution is 0.0698. The van der Waals surface area contributed by atoms with Crippen LogP contribution >= 0.6 is 15.9 Å². The molecule has 21 heavy (non-hydrogen) atoms. The molecule has 0 spiro atoms. The maximum absolute atomic E-state index is 12.3. The van der Waals surface area contributed by atoms with E-state index < -0.39 is 5.97 Å². The summed E-state index contributed by atoms with van der Waals surface area (Å²) >= 11 is 3.38. The predicted octanol–water partition coefficient (Wildman–Crippen LogP) is 4.02. The molecule has 0 saturated heterocycles. The van der Waals surface area contributed by atoms with Gasteiger partial charge in [0.1, 0.15) is 0 Å². The molecule has 0 aromatic heterocycles. The van der Waals surface area contributed by atoms with E-state index in [0.29, 0.717) is 16.8 Å². The van der Waals surface area contributed by atoms with Gasteiger partial charge in [-0.05, 0) is 43.2 Å². The molecule has 0 fully saturated rings. The first-order chi connectivity index (χ1) is 9.90. The van der Waals surface area contributed by atoms with Gasteiger partial charge in [0.2, 0.25) is 0 Å². The zero-order chi connectivity index (χ0) is 15.6. The van der Waals surface area contributed by atoms with Crippen LogP contribution < -0.4 is 5.32 Å². The Balaban J connectivity index is 2.36. The van der Waals surface area contributed by atoms with Crippen molar-refractivity contribution in [1.29, 1.82) is 0 Å². The molecule has 1 amide bonds. The number of hydrogen-bond acceptors (Lipinski definition) is 2. The standard InChI is InChI=1S/C16H14BrNO3/c1-9-6-7-11(8-13(9)17)15(19)18-14-10(2)4-3-5-12(14)16(20)21/h3-8H,1-2H3,(H,18,19)(H,20,21). The number of halogens is 1. The van der Waals surface area contributed by atoms with Gasteiger partial charge in [0.15, 0.2) is 0 Å². The molecule has 0 aliphatic rings. The highest BCUT2D eigenvalue weighted by atomic mass is 79.9. The molecule has 0 aliphatic carbocycles. The number of hydrogen-bond donors (Lipinski definition) is 2. The average molecular weight is 348 g/mol. The van der Waals surface area contributed by atoms with Crippen LogP contribution in [0.2, 0.25) is 0 Å². The largest absolute Gasteiger partial charge is 0.478 e. The fourth-order valence-corrected chi connectivity index (χ4v) is 2.31. The van der Waals surface area contributed by atoms with Crippen LogP contribution in [0.3, 0.4) is 0 Å². The fraction of sp³-hybridized carbons (Fsp3) is 0.125. The van der Waals surface area contributed by atoms with Crippen LogP contribution in [0, 0.1) is 13.8 Å². The Labute approximate surface area is 130 Å². The number of benzene rings is 2. The Hall–Kier alpha value is -2.14. The molecule has 0 saturated carbocycles. The van der Waals surface area contributed by atoms with Crippen LogP contribution in [0.15, 0.2) is 40.9 Å². The summed E-state index contributed by atoms with van der Waals surface area (Å²) in [4.78, 5) is 23.5. The van der Waals surface area contributed by atoms with E-state index in [-0.39, 0.29) is 11.5 Å². The minimum atomic E-state index is -1.07. The van der Waals surface area contributed by atoms with Crippen molar-refractivity contribution in [3.8, 4) is 0 Å². The highest BCUT2D eigenvalue weighted by Gasteiger charge is 2.15. The molecule has 2 N–H and O–H groups in total. The number of para-hydroxylation sites is 1. The maximum Gasteiger partial charge on any atom is 0.337 e. The third-order valence-corrected chi connectivity index (χ3v) is 4.03. The number of aryl methyl sites for hydroxylation is 2. The highest BCUT2D eigenvalue weighted by Crippen LogP contribution is 2.23. The van der Waals surface area contributed by atoms with Gasteiger partial charge in [-0.2, -0.15) is 0 Å². The van der Waals surface area contributed by atoms with Crippen LogP contribution in [0.25, 0.3) is 0 Å². The summed E-state index contributed by atoms with van der Waals surface area (Å²) in [5.74, 6) is -1.41. The quantitative estimate of drug-likeness (QED) is 0.881. The van der Waals surface area contributed by atoms with Crippen LogP contribution in [0.5, 0.6) is 0 Å². The van der Waals surface area contributed by atoms with Crippen molar-refractivity contribution in [3.05, 3.63) is 63.1 Å². The van der Waals surface area contributed by atoms with E-state index in [1.54, 1.807) is 31.2 Å². The van der Waals surface area contributed by atoms with E-state index in [9.17, 15) is 14.7 Å². The summed E-state index contributed by atoms with van der Waals surface area (Å²) in [5, 5.41) is 11.9. The first-order valence-corrected chi connectivity index (χ1v) is 7.10. The number of amides is 1. The van der Waals surface area contributed by atoms with Gasteiger partial charge in [0.05, 0.1) is 11.3 Å². The second-order valence-corrected chi connectivity index (χ2v) is 5.58. The molecule has 2 rings (SSSR count). The van der Waals surface area contributed by atoms with Crippen LogP contribution in [-0.2, 0) is 0 Å². The number of carbonyl (C=O) groups is 2. The Kier molecular flexibility index (Phi) is 4.43. The van der Waals surface area contributed by atoms with E-state index in [0.717, 1.165) is 10.0 Å². The smallest absolute Gasteiger partial charge is 0.337 e. The number of nitrogens with one attached hydrogen (secondary N) is 1. The highest BCUT2D eigenvalue weighted by molar-refractivity contribution is 9.10. The van der Waals surface area contributed by atoms with Crippen LogP contribution in [-0.4, -0.2) is 17.0 Å². The van der Waals surface area contributed by atoms with Gasteiger partial charge in [-0.15, -0.1) is 0 Å². The number of carbonyl (C=O) groups excluding carboxylic acids is 1. The molecular weight excluding hydrogens is 334 g/mol. The molecule has 0 bridgehead atoms. The van der Waals surface area contributed by atoms with Gasteiger partial charge in [0.25, 0.3) is 5.91 Å². The number of anilines is 1. The molecule has 0 aliphatic heterocycles. The summed E-state index contributed by atoms with van der Waals surface area (Å²) in [6, 6.07) is 10.1. The predicted molar refractivity (Wildman–Crippen MR) is 85.0 cm³/mol. The normalized spacial score (nSPS) is 10.2. The monoisotopic (exact) mass is 347 g/mol. The summed E-state index contributed by atoms with van der Waals surface area (Å²) < 4.78 is 0.832. The number of rotatable bonds is 3. The lowest BCUT2D eigenvalue weighted by Crippen LogP contribution is -2.16. The van der Waals surface area contributed by atoms with Crippen molar-refractivity contribution in [1.82, 2.24) is 0 Å². The zero-order valence-corrected chi connectivity index (χ0v) is 13.2. The second-order valence-electron chi connectivity index (χ2n) is 4.72. The van der Waals surface area contributed by atoms with Crippen molar-refractivity contribution in [2.24, 2.45) is 0 Å². The Morgan fingerprint density at radius 1 is 1.10 bits per heavy atom. The van der Waals surface area contributed by atoms with Gasteiger partial charge in [-0.1, -0.05) is 34.1 Å².